The minimum atomic E-state index is 1.37. The summed E-state index contributed by atoms with van der Waals surface area (Å²) >= 11 is 10.5. The predicted molar refractivity (Wildman–Crippen MR) is 98.0 cm³/mol. The lowest BCUT2D eigenvalue weighted by atomic mass is 10.2. The Labute approximate surface area is 137 Å². The van der Waals surface area contributed by atoms with Crippen molar-refractivity contribution in [2.75, 3.05) is 0 Å². The highest BCUT2D eigenvalue weighted by Gasteiger charge is 2.10. The molecule has 0 saturated carbocycles. The molecule has 0 aliphatic carbocycles. The van der Waals surface area contributed by atoms with Crippen molar-refractivity contribution in [3.8, 4) is 0 Å². The van der Waals surface area contributed by atoms with Gasteiger partial charge in [-0.25, -0.2) is 0 Å². The first-order valence-electron chi connectivity index (χ1n) is 4.91. The van der Waals surface area contributed by atoms with Crippen LogP contribution < -0.4 is 0 Å². The van der Waals surface area contributed by atoms with Crippen molar-refractivity contribution in [3.05, 3.63) is 30.0 Å². The summed E-state index contributed by atoms with van der Waals surface area (Å²) in [6.45, 7) is 0. The summed E-state index contributed by atoms with van der Waals surface area (Å²) in [5.74, 6) is 0. The topological polar surface area (TPSA) is 0 Å². The molecule has 0 N–H and O–H groups in total. The molecule has 3 aromatic heterocycles. The van der Waals surface area contributed by atoms with Crippen molar-refractivity contribution < 1.29 is 0 Å². The molecule has 5 heteroatoms. The molecule has 4 aromatic rings. The lowest BCUT2D eigenvalue weighted by Gasteiger charge is -1.91. The van der Waals surface area contributed by atoms with E-state index in [0.29, 0.717) is 0 Å². The van der Waals surface area contributed by atoms with E-state index in [4.69, 9.17) is 0 Å². The summed E-state index contributed by atoms with van der Waals surface area (Å²) in [5.41, 5.74) is 0. The van der Waals surface area contributed by atoms with Crippen LogP contribution in [0, 0.1) is 5.77 Å². The van der Waals surface area contributed by atoms with Gasteiger partial charge in [-0.2, -0.15) is 0 Å². The Morgan fingerprint density at radius 1 is 0.706 bits per heavy atom. The average Bonchev–Trinajstić information content (AvgIpc) is 2.86. The van der Waals surface area contributed by atoms with Gasteiger partial charge < -0.3 is 0 Å². The summed E-state index contributed by atoms with van der Waals surface area (Å²) < 4.78 is 8.47. The van der Waals surface area contributed by atoms with Crippen molar-refractivity contribution in [1.82, 2.24) is 0 Å². The molecule has 0 spiro atoms. The van der Waals surface area contributed by atoms with Gasteiger partial charge in [0.2, 0.25) is 0 Å². The van der Waals surface area contributed by atoms with Gasteiger partial charge in [0.15, 0.2) is 0 Å². The van der Waals surface area contributed by atoms with E-state index in [-0.39, 0.29) is 0 Å². The Bertz CT molecular complexity index is 857. The van der Waals surface area contributed by atoms with E-state index in [2.05, 4.69) is 69.4 Å². The molecule has 17 heavy (non-hydrogen) atoms. The second-order valence-electron chi connectivity index (χ2n) is 3.78. The first kappa shape index (κ1) is 11.4. The number of thiophene rings is 3. The van der Waals surface area contributed by atoms with E-state index in [1.54, 1.807) is 0 Å². The highest BCUT2D eigenvalue weighted by Crippen LogP contribution is 2.42. The van der Waals surface area contributed by atoms with Crippen LogP contribution in [0.25, 0.3) is 29.6 Å². The molecule has 0 nitrogen and oxygen atoms in total. The van der Waals surface area contributed by atoms with Crippen molar-refractivity contribution in [1.29, 1.82) is 0 Å². The first-order valence-corrected chi connectivity index (χ1v) is 9.52. The summed E-state index contributed by atoms with van der Waals surface area (Å²) in [5, 5.41) is 2.82. The minimum Gasteiger partial charge on any atom is -0.134 e. The van der Waals surface area contributed by atoms with Crippen molar-refractivity contribution >= 4 is 109 Å². The zero-order valence-electron chi connectivity index (χ0n) is 8.29. The third-order valence-electron chi connectivity index (χ3n) is 2.72. The standard InChI is InChI=1S/C12H4I2S3/c13-10-2-5-1-8-6(3-7(5)16-10)12-9(15-8)4-11(14)17-12/h1-4H. The van der Waals surface area contributed by atoms with Crippen molar-refractivity contribution in [2.24, 2.45) is 0 Å². The molecule has 4 rings (SSSR count). The van der Waals surface area contributed by atoms with Gasteiger partial charge in [0.1, 0.15) is 0 Å². The molecule has 0 unspecified atom stereocenters. The maximum Gasteiger partial charge on any atom is 0.0674 e. The van der Waals surface area contributed by atoms with E-state index in [9.17, 15) is 0 Å². The van der Waals surface area contributed by atoms with Crippen molar-refractivity contribution in [2.45, 2.75) is 0 Å². The van der Waals surface area contributed by atoms with Crippen LogP contribution in [0.5, 0.6) is 0 Å². The number of halogens is 2. The van der Waals surface area contributed by atoms with Crippen LogP contribution in [0.4, 0.5) is 0 Å². The SMILES string of the molecule is Ic1cc2cc3sc4cc(I)sc4c3cc2s1. The summed E-state index contributed by atoms with van der Waals surface area (Å²) in [6, 6.07) is 9.27. The van der Waals surface area contributed by atoms with Gasteiger partial charge in [-0.15, -0.1) is 34.0 Å². The number of hydrogen-bond donors (Lipinski definition) is 0. The molecule has 3 heterocycles. The number of hydrogen-bond acceptors (Lipinski definition) is 3. The number of rotatable bonds is 0. The third-order valence-corrected chi connectivity index (χ3v) is 7.74. The highest BCUT2D eigenvalue weighted by atomic mass is 127. The van der Waals surface area contributed by atoms with E-state index in [0.717, 1.165) is 0 Å². The molecule has 0 saturated heterocycles. The fourth-order valence-corrected chi connectivity index (χ4v) is 7.33. The molecule has 0 fully saturated rings. The highest BCUT2D eigenvalue weighted by molar-refractivity contribution is 14.1. The van der Waals surface area contributed by atoms with Crippen LogP contribution in [0.2, 0.25) is 0 Å². The van der Waals surface area contributed by atoms with Gasteiger partial charge in [0.25, 0.3) is 0 Å². The van der Waals surface area contributed by atoms with E-state index >= 15 is 0 Å². The largest absolute Gasteiger partial charge is 0.134 e. The van der Waals surface area contributed by atoms with Crippen LogP contribution in [0.15, 0.2) is 24.3 Å². The Kier molecular flexibility index (Phi) is 2.70. The quantitative estimate of drug-likeness (QED) is 0.242. The predicted octanol–water partition coefficient (Wildman–Crippen LogP) is 6.54. The van der Waals surface area contributed by atoms with Crippen LogP contribution in [-0.2, 0) is 0 Å². The third kappa shape index (κ3) is 1.77. The Balaban J connectivity index is 2.23. The van der Waals surface area contributed by atoms with E-state index < -0.39 is 0 Å². The lowest BCUT2D eigenvalue weighted by molar-refractivity contribution is 2.03. The molecular weight excluding hydrogens is 494 g/mol. The fourth-order valence-electron chi connectivity index (χ4n) is 2.02. The fraction of sp³-hybridized carbons (Fsp3) is 0. The molecule has 0 radical (unpaired) electrons. The summed E-state index contributed by atoms with van der Waals surface area (Å²) in [4.78, 5) is 0. The first-order chi connectivity index (χ1) is 8.20. The Hall–Kier alpha value is 0.560. The molecule has 1 aromatic carbocycles. The Morgan fingerprint density at radius 2 is 1.53 bits per heavy atom. The molecule has 84 valence electrons. The van der Waals surface area contributed by atoms with Gasteiger partial charge in [0, 0.05) is 19.5 Å². The lowest BCUT2D eigenvalue weighted by Crippen LogP contribution is -1.63. The van der Waals surface area contributed by atoms with Gasteiger partial charge in [0.05, 0.1) is 10.5 Å². The van der Waals surface area contributed by atoms with Crippen LogP contribution in [0.1, 0.15) is 0 Å². The van der Waals surface area contributed by atoms with E-state index in [1.165, 1.54) is 35.3 Å². The molecular formula is C12H4I2S3. The molecule has 0 aliphatic rings. The second kappa shape index (κ2) is 4.03. The van der Waals surface area contributed by atoms with Crippen molar-refractivity contribution in [3.63, 3.8) is 0 Å². The van der Waals surface area contributed by atoms with Gasteiger partial charge >= 0.3 is 0 Å². The number of fused-ring (bicyclic) bond motifs is 4. The smallest absolute Gasteiger partial charge is 0.0674 e. The maximum absolute atomic E-state index is 2.41. The zero-order valence-corrected chi connectivity index (χ0v) is 15.1. The molecule has 0 bridgehead atoms. The van der Waals surface area contributed by atoms with Crippen LogP contribution in [-0.4, -0.2) is 0 Å². The Morgan fingerprint density at radius 3 is 2.41 bits per heavy atom. The zero-order chi connectivity index (χ0) is 11.6. The normalized spacial score (nSPS) is 12.1. The van der Waals surface area contributed by atoms with Gasteiger partial charge in [-0.1, -0.05) is 0 Å². The van der Waals surface area contributed by atoms with Crippen LogP contribution >= 0.6 is 79.2 Å². The minimum absolute atomic E-state index is 1.37. The molecule has 0 amide bonds. The van der Waals surface area contributed by atoms with Gasteiger partial charge in [-0.05, 0) is 74.8 Å². The number of benzene rings is 1. The summed E-state index contributed by atoms with van der Waals surface area (Å²) in [6.07, 6.45) is 0. The summed E-state index contributed by atoms with van der Waals surface area (Å²) in [7, 11) is 0. The van der Waals surface area contributed by atoms with Gasteiger partial charge in [-0.3, -0.25) is 0 Å². The average molecular weight is 498 g/mol. The monoisotopic (exact) mass is 498 g/mol. The maximum atomic E-state index is 2.41. The van der Waals surface area contributed by atoms with E-state index in [1.807, 2.05) is 34.0 Å². The molecule has 0 aliphatic heterocycles. The second-order valence-corrected chi connectivity index (χ2v) is 10.8. The molecule has 0 atom stereocenters. The van der Waals surface area contributed by atoms with Crippen LogP contribution in [0.3, 0.4) is 0 Å².